The summed E-state index contributed by atoms with van der Waals surface area (Å²) in [6.45, 7) is 3.06. The number of imide groups is 1. The first kappa shape index (κ1) is 20.6. The molecule has 144 valence electrons. The molecule has 2 amide bonds. The topological polar surface area (TPSA) is 49.4 Å². The maximum atomic E-state index is 12.5. The molecule has 1 aliphatic rings. The zero-order chi connectivity index (χ0) is 18.6. The number of anilines is 1. The summed E-state index contributed by atoms with van der Waals surface area (Å²) in [5.41, 5.74) is 0.672. The largest absolute Gasteiger partial charge is 0.305 e. The first-order chi connectivity index (χ1) is 12.7. The van der Waals surface area contributed by atoms with Gasteiger partial charge >= 0.3 is 0 Å². The fraction of sp³-hybridized carbons (Fsp3) is 0.636. The Kier molecular flexibility index (Phi) is 9.40. The molecular weight excluding hydrogens is 324 g/mol. The van der Waals surface area contributed by atoms with Crippen molar-refractivity contribution in [2.75, 3.05) is 11.4 Å². The minimum absolute atomic E-state index is 0.109. The van der Waals surface area contributed by atoms with Crippen LogP contribution in [0.1, 0.15) is 77.6 Å². The van der Waals surface area contributed by atoms with Crippen molar-refractivity contribution in [1.29, 1.82) is 0 Å². The van der Waals surface area contributed by atoms with Gasteiger partial charge in [-0.1, -0.05) is 82.9 Å². The second-order valence-corrected chi connectivity index (χ2v) is 7.30. The molecule has 1 aliphatic heterocycles. The van der Waals surface area contributed by atoms with Crippen molar-refractivity contribution < 1.29 is 9.59 Å². The molecule has 4 nitrogen and oxygen atoms in total. The van der Waals surface area contributed by atoms with E-state index in [9.17, 15) is 9.59 Å². The summed E-state index contributed by atoms with van der Waals surface area (Å²) in [5, 5.41) is 3.27. The van der Waals surface area contributed by atoms with Gasteiger partial charge in [0.05, 0.1) is 18.2 Å². The standard InChI is InChI=1S/C22H34N2O2/c1-2-3-4-5-6-7-8-9-10-14-17-23-20-18-21(25)24(22(20)26)19-15-12-11-13-16-19/h11-13,15-16,20,23H,2-10,14,17-18H2,1H3/t20-/m1/s1. The van der Waals surface area contributed by atoms with Crippen molar-refractivity contribution >= 4 is 17.5 Å². The number of carbonyl (C=O) groups excluding carboxylic acids is 2. The molecule has 0 bridgehead atoms. The maximum Gasteiger partial charge on any atom is 0.251 e. The van der Waals surface area contributed by atoms with Crippen LogP contribution in [0.4, 0.5) is 5.69 Å². The van der Waals surface area contributed by atoms with Crippen LogP contribution < -0.4 is 10.2 Å². The third-order valence-corrected chi connectivity index (χ3v) is 5.08. The van der Waals surface area contributed by atoms with Gasteiger partial charge in [0, 0.05) is 0 Å². The molecular formula is C22H34N2O2. The van der Waals surface area contributed by atoms with E-state index in [0.717, 1.165) is 13.0 Å². The van der Waals surface area contributed by atoms with E-state index >= 15 is 0 Å². The fourth-order valence-corrected chi connectivity index (χ4v) is 3.53. The Labute approximate surface area is 158 Å². The molecule has 0 aromatic heterocycles. The Morgan fingerprint density at radius 3 is 2.08 bits per heavy atom. The Balaban J connectivity index is 1.55. The molecule has 4 heteroatoms. The zero-order valence-corrected chi connectivity index (χ0v) is 16.2. The Bertz CT molecular complexity index is 544. The Hall–Kier alpha value is -1.68. The van der Waals surface area contributed by atoms with Crippen LogP contribution in [-0.4, -0.2) is 24.4 Å². The summed E-state index contributed by atoms with van der Waals surface area (Å²) < 4.78 is 0. The molecule has 1 aromatic carbocycles. The van der Waals surface area contributed by atoms with Crippen LogP contribution in [0, 0.1) is 0 Å². The number of carbonyl (C=O) groups is 2. The molecule has 0 saturated carbocycles. The van der Waals surface area contributed by atoms with E-state index in [1.165, 1.54) is 62.7 Å². The van der Waals surface area contributed by atoms with Gasteiger partial charge in [0.15, 0.2) is 0 Å². The lowest BCUT2D eigenvalue weighted by molar-refractivity contribution is -0.121. The number of nitrogens with one attached hydrogen (secondary N) is 1. The van der Waals surface area contributed by atoms with E-state index < -0.39 is 0 Å². The van der Waals surface area contributed by atoms with Crippen molar-refractivity contribution in [2.45, 2.75) is 83.6 Å². The molecule has 0 aliphatic carbocycles. The molecule has 0 unspecified atom stereocenters. The van der Waals surface area contributed by atoms with Gasteiger partial charge in [-0.2, -0.15) is 0 Å². The summed E-state index contributed by atoms with van der Waals surface area (Å²) in [5.74, 6) is -0.227. The normalized spacial score (nSPS) is 17.3. The maximum absolute atomic E-state index is 12.5. The van der Waals surface area contributed by atoms with Crippen molar-refractivity contribution in [3.8, 4) is 0 Å². The second kappa shape index (κ2) is 11.8. The number of unbranched alkanes of at least 4 members (excludes halogenated alkanes) is 9. The van der Waals surface area contributed by atoms with Crippen LogP contribution in [0.15, 0.2) is 30.3 Å². The van der Waals surface area contributed by atoms with Crippen molar-refractivity contribution in [1.82, 2.24) is 5.32 Å². The van der Waals surface area contributed by atoms with Gasteiger partial charge < -0.3 is 5.32 Å². The van der Waals surface area contributed by atoms with Gasteiger partial charge in [0.2, 0.25) is 5.91 Å². The van der Waals surface area contributed by atoms with Crippen LogP contribution >= 0.6 is 0 Å². The van der Waals surface area contributed by atoms with Crippen LogP contribution in [-0.2, 0) is 9.59 Å². The number of para-hydroxylation sites is 1. The summed E-state index contributed by atoms with van der Waals surface area (Å²) in [7, 11) is 0. The lowest BCUT2D eigenvalue weighted by atomic mass is 10.1. The molecule has 1 fully saturated rings. The molecule has 1 aromatic rings. The smallest absolute Gasteiger partial charge is 0.251 e. The third kappa shape index (κ3) is 6.56. The minimum atomic E-state index is -0.360. The molecule has 1 saturated heterocycles. The van der Waals surface area contributed by atoms with Gasteiger partial charge in [-0.3, -0.25) is 9.59 Å². The van der Waals surface area contributed by atoms with Crippen molar-refractivity contribution in [3.05, 3.63) is 30.3 Å². The molecule has 0 spiro atoms. The van der Waals surface area contributed by atoms with Crippen molar-refractivity contribution in [3.63, 3.8) is 0 Å². The van der Waals surface area contributed by atoms with Crippen molar-refractivity contribution in [2.24, 2.45) is 0 Å². The zero-order valence-electron chi connectivity index (χ0n) is 16.2. The van der Waals surface area contributed by atoms with E-state index in [-0.39, 0.29) is 24.3 Å². The van der Waals surface area contributed by atoms with E-state index in [1.54, 1.807) is 12.1 Å². The Morgan fingerprint density at radius 1 is 0.885 bits per heavy atom. The Morgan fingerprint density at radius 2 is 1.46 bits per heavy atom. The highest BCUT2D eigenvalue weighted by atomic mass is 16.2. The first-order valence-corrected chi connectivity index (χ1v) is 10.4. The molecule has 1 atom stereocenters. The summed E-state index contributed by atoms with van der Waals surface area (Å²) in [4.78, 5) is 25.9. The quantitative estimate of drug-likeness (QED) is 0.406. The number of rotatable bonds is 13. The van der Waals surface area contributed by atoms with Gasteiger partial charge in [-0.15, -0.1) is 0 Å². The first-order valence-electron chi connectivity index (χ1n) is 10.4. The van der Waals surface area contributed by atoms with Gasteiger partial charge in [-0.05, 0) is 25.1 Å². The molecule has 1 heterocycles. The molecule has 26 heavy (non-hydrogen) atoms. The average molecular weight is 359 g/mol. The number of hydrogen-bond acceptors (Lipinski definition) is 3. The van der Waals surface area contributed by atoms with Gasteiger partial charge in [0.25, 0.3) is 5.91 Å². The lowest BCUT2D eigenvalue weighted by Gasteiger charge is -2.15. The number of nitrogens with zero attached hydrogens (tertiary/aromatic N) is 1. The molecule has 0 radical (unpaired) electrons. The lowest BCUT2D eigenvalue weighted by Crippen LogP contribution is -2.39. The number of amides is 2. The highest BCUT2D eigenvalue weighted by Crippen LogP contribution is 2.22. The number of benzene rings is 1. The predicted octanol–water partition coefficient (Wildman–Crippen LogP) is 4.83. The SMILES string of the molecule is CCCCCCCCCCCCN[C@@H]1CC(=O)N(c2ccccc2)C1=O. The van der Waals surface area contributed by atoms with Crippen LogP contribution in [0.25, 0.3) is 0 Å². The van der Waals surface area contributed by atoms with Gasteiger partial charge in [0.1, 0.15) is 0 Å². The van der Waals surface area contributed by atoms with E-state index in [1.807, 2.05) is 18.2 Å². The van der Waals surface area contributed by atoms with E-state index in [2.05, 4.69) is 12.2 Å². The summed E-state index contributed by atoms with van der Waals surface area (Å²) in [6, 6.07) is 8.83. The molecule has 2 rings (SSSR count). The molecule has 1 N–H and O–H groups in total. The monoisotopic (exact) mass is 358 g/mol. The van der Waals surface area contributed by atoms with Gasteiger partial charge in [-0.25, -0.2) is 4.90 Å². The highest BCUT2D eigenvalue weighted by Gasteiger charge is 2.38. The van der Waals surface area contributed by atoms with E-state index in [4.69, 9.17) is 0 Å². The van der Waals surface area contributed by atoms with Crippen LogP contribution in [0.5, 0.6) is 0 Å². The number of hydrogen-bond donors (Lipinski definition) is 1. The highest BCUT2D eigenvalue weighted by molar-refractivity contribution is 6.22. The average Bonchev–Trinajstić information content (AvgIpc) is 2.94. The predicted molar refractivity (Wildman–Crippen MR) is 107 cm³/mol. The van der Waals surface area contributed by atoms with E-state index in [0.29, 0.717) is 5.69 Å². The van der Waals surface area contributed by atoms with Crippen LogP contribution in [0.2, 0.25) is 0 Å². The fourth-order valence-electron chi connectivity index (χ4n) is 3.53. The summed E-state index contributed by atoms with van der Waals surface area (Å²) in [6.07, 6.45) is 13.3. The summed E-state index contributed by atoms with van der Waals surface area (Å²) >= 11 is 0. The third-order valence-electron chi connectivity index (χ3n) is 5.08. The minimum Gasteiger partial charge on any atom is -0.305 e. The van der Waals surface area contributed by atoms with Crippen LogP contribution in [0.3, 0.4) is 0 Å². The second-order valence-electron chi connectivity index (χ2n) is 7.30.